The quantitative estimate of drug-likeness (QED) is 0.395. The van der Waals surface area contributed by atoms with E-state index < -0.39 is 0 Å². The van der Waals surface area contributed by atoms with Gasteiger partial charge in [-0.05, 0) is 6.42 Å². The molecule has 2 nitrogen and oxygen atoms in total. The van der Waals surface area contributed by atoms with E-state index in [0.29, 0.717) is 6.61 Å². The van der Waals surface area contributed by atoms with E-state index in [1.165, 1.54) is 32.1 Å². The molecule has 0 aliphatic heterocycles. The van der Waals surface area contributed by atoms with Crippen molar-refractivity contribution in [3.8, 4) is 0 Å². The summed E-state index contributed by atoms with van der Waals surface area (Å²) < 4.78 is 4.68. The first-order valence-corrected chi connectivity index (χ1v) is 4.57. The summed E-state index contributed by atoms with van der Waals surface area (Å²) in [6, 6.07) is 0. The molecule has 67 valence electrons. The normalized spacial score (nSPS) is 10.4. The van der Waals surface area contributed by atoms with E-state index in [-0.39, 0.29) is 6.79 Å². The van der Waals surface area contributed by atoms with E-state index in [1.54, 1.807) is 0 Å². The monoisotopic (exact) mass is 159 g/mol. The predicted molar refractivity (Wildman–Crippen MR) is 44.9 cm³/mol. The second-order valence-corrected chi connectivity index (χ2v) is 2.79. The summed E-state index contributed by atoms with van der Waals surface area (Å²) in [4.78, 5) is 0. The van der Waals surface area contributed by atoms with Crippen molar-refractivity contribution in [3.63, 3.8) is 0 Å². The van der Waals surface area contributed by atoms with Crippen LogP contribution in [0, 0.1) is 0 Å². The van der Waals surface area contributed by atoms with Gasteiger partial charge < -0.3 is 4.74 Å². The average molecular weight is 159 g/mol. The molecule has 0 fully saturated rings. The smallest absolute Gasteiger partial charge is 0.180 e. The molecule has 0 heterocycles. The maximum Gasteiger partial charge on any atom is 0.180 e. The lowest BCUT2D eigenvalue weighted by Crippen LogP contribution is -1.93. The van der Waals surface area contributed by atoms with Gasteiger partial charge in [-0.3, -0.25) is 0 Å². The largest absolute Gasteiger partial charge is 0.352 e. The highest BCUT2D eigenvalue weighted by Crippen LogP contribution is 2.04. The van der Waals surface area contributed by atoms with Crippen LogP contribution in [0.25, 0.3) is 0 Å². The van der Waals surface area contributed by atoms with Gasteiger partial charge in [0.1, 0.15) is 0 Å². The van der Waals surface area contributed by atoms with Crippen molar-refractivity contribution >= 4 is 0 Å². The van der Waals surface area contributed by atoms with Crippen LogP contribution in [0.1, 0.15) is 45.4 Å². The summed E-state index contributed by atoms with van der Waals surface area (Å²) >= 11 is 0. The van der Waals surface area contributed by atoms with Gasteiger partial charge >= 0.3 is 0 Å². The van der Waals surface area contributed by atoms with Gasteiger partial charge in [0, 0.05) is 6.61 Å². The Morgan fingerprint density at radius 2 is 1.64 bits per heavy atom. The highest BCUT2D eigenvalue weighted by atomic mass is 16.6. The number of unbranched alkanes of at least 4 members (excludes halogenated alkanes) is 5. The Kier molecular flexibility index (Phi) is 9.85. The zero-order valence-electron chi connectivity index (χ0n) is 7.47. The molecule has 0 aromatic rings. The van der Waals surface area contributed by atoms with Crippen molar-refractivity contribution in [3.05, 3.63) is 0 Å². The van der Waals surface area contributed by atoms with Gasteiger partial charge in [-0.1, -0.05) is 39.0 Å². The summed E-state index contributed by atoms with van der Waals surface area (Å²) in [6.45, 7) is 2.48. The van der Waals surface area contributed by atoms with Crippen molar-refractivity contribution in [1.29, 1.82) is 0 Å². The summed E-state index contributed by atoms with van der Waals surface area (Å²) in [6.07, 6.45) is 7.50. The second-order valence-electron chi connectivity index (χ2n) is 2.79. The molecule has 11 heavy (non-hydrogen) atoms. The van der Waals surface area contributed by atoms with E-state index in [9.17, 15) is 5.11 Å². The van der Waals surface area contributed by atoms with Gasteiger partial charge in [-0.25, -0.2) is 5.11 Å². The van der Waals surface area contributed by atoms with Crippen LogP contribution < -0.4 is 0 Å². The molecular formula is C9H19O2. The first-order valence-electron chi connectivity index (χ1n) is 4.57. The SMILES string of the molecule is CCCCCCCCOC[O]. The van der Waals surface area contributed by atoms with Crippen molar-refractivity contribution in [2.45, 2.75) is 45.4 Å². The van der Waals surface area contributed by atoms with Crippen molar-refractivity contribution < 1.29 is 9.84 Å². The average Bonchev–Trinajstić information content (AvgIpc) is 2.03. The zero-order valence-corrected chi connectivity index (χ0v) is 7.47. The van der Waals surface area contributed by atoms with Gasteiger partial charge in [-0.15, -0.1) is 0 Å². The lowest BCUT2D eigenvalue weighted by atomic mass is 10.1. The Morgan fingerprint density at radius 3 is 2.27 bits per heavy atom. The van der Waals surface area contributed by atoms with Crippen LogP contribution in [-0.4, -0.2) is 13.4 Å². The highest BCUT2D eigenvalue weighted by molar-refractivity contribution is 4.42. The molecule has 0 atom stereocenters. The third-order valence-corrected chi connectivity index (χ3v) is 1.73. The molecule has 0 N–H and O–H groups in total. The van der Waals surface area contributed by atoms with Crippen molar-refractivity contribution in [2.24, 2.45) is 0 Å². The molecule has 0 spiro atoms. The molecule has 0 rings (SSSR count). The Bertz CT molecular complexity index is 56.6. The molecule has 0 saturated carbocycles. The Balaban J connectivity index is 2.69. The van der Waals surface area contributed by atoms with E-state index in [0.717, 1.165) is 6.42 Å². The molecule has 0 saturated heterocycles. The Morgan fingerprint density at radius 1 is 1.00 bits per heavy atom. The fraction of sp³-hybridized carbons (Fsp3) is 1.00. The van der Waals surface area contributed by atoms with E-state index in [4.69, 9.17) is 0 Å². The van der Waals surface area contributed by atoms with Crippen LogP contribution in [0.4, 0.5) is 0 Å². The minimum absolute atomic E-state index is 0.380. The molecule has 1 radical (unpaired) electrons. The third-order valence-electron chi connectivity index (χ3n) is 1.73. The predicted octanol–water partition coefficient (Wildman–Crippen LogP) is 2.75. The first kappa shape index (κ1) is 10.9. The van der Waals surface area contributed by atoms with Crippen molar-refractivity contribution in [1.82, 2.24) is 0 Å². The molecular weight excluding hydrogens is 140 g/mol. The first-order chi connectivity index (χ1) is 5.41. The second kappa shape index (κ2) is 9.92. The van der Waals surface area contributed by atoms with E-state index >= 15 is 0 Å². The van der Waals surface area contributed by atoms with Crippen molar-refractivity contribution in [2.75, 3.05) is 13.4 Å². The Labute approximate surface area is 69.6 Å². The van der Waals surface area contributed by atoms with Gasteiger partial charge in [0.25, 0.3) is 0 Å². The van der Waals surface area contributed by atoms with Gasteiger partial charge in [0.05, 0.1) is 0 Å². The molecule has 2 heteroatoms. The maximum atomic E-state index is 9.84. The third kappa shape index (κ3) is 9.92. The van der Waals surface area contributed by atoms with Gasteiger partial charge in [-0.2, -0.15) is 0 Å². The molecule has 0 aromatic heterocycles. The lowest BCUT2D eigenvalue weighted by molar-refractivity contribution is -0.0446. The minimum Gasteiger partial charge on any atom is -0.352 e. The molecule has 0 unspecified atom stereocenters. The fourth-order valence-electron chi connectivity index (χ4n) is 1.04. The van der Waals surface area contributed by atoms with E-state index in [2.05, 4.69) is 11.7 Å². The van der Waals surface area contributed by atoms with Crippen LogP contribution >= 0.6 is 0 Å². The zero-order chi connectivity index (χ0) is 8.36. The standard InChI is InChI=1S/C9H19O2/c1-2-3-4-5-6-7-8-11-9-10/h2-9H2,1H3. The molecule has 0 aliphatic carbocycles. The van der Waals surface area contributed by atoms with Crippen LogP contribution in [-0.2, 0) is 9.84 Å². The molecule has 0 bridgehead atoms. The number of ether oxygens (including phenoxy) is 1. The van der Waals surface area contributed by atoms with Gasteiger partial charge in [0.15, 0.2) is 6.79 Å². The van der Waals surface area contributed by atoms with Crippen LogP contribution in [0.3, 0.4) is 0 Å². The molecule has 0 amide bonds. The number of hydrogen-bond donors (Lipinski definition) is 0. The fourth-order valence-corrected chi connectivity index (χ4v) is 1.04. The van der Waals surface area contributed by atoms with E-state index in [1.807, 2.05) is 0 Å². The topological polar surface area (TPSA) is 29.1 Å². The highest BCUT2D eigenvalue weighted by Gasteiger charge is 1.89. The lowest BCUT2D eigenvalue weighted by Gasteiger charge is -1.99. The summed E-state index contributed by atoms with van der Waals surface area (Å²) in [5.41, 5.74) is 0. The molecule has 0 aliphatic rings. The summed E-state index contributed by atoms with van der Waals surface area (Å²) in [5, 5.41) is 9.84. The van der Waals surface area contributed by atoms with Crippen LogP contribution in [0.5, 0.6) is 0 Å². The van der Waals surface area contributed by atoms with Crippen LogP contribution in [0.2, 0.25) is 0 Å². The summed E-state index contributed by atoms with van der Waals surface area (Å²) in [7, 11) is 0. The van der Waals surface area contributed by atoms with Crippen LogP contribution in [0.15, 0.2) is 0 Å². The maximum absolute atomic E-state index is 9.84. The Hall–Kier alpha value is -0.0800. The molecule has 0 aromatic carbocycles. The summed E-state index contributed by atoms with van der Waals surface area (Å²) in [5.74, 6) is 0. The van der Waals surface area contributed by atoms with Gasteiger partial charge in [0.2, 0.25) is 0 Å². The minimum atomic E-state index is -0.380. The number of hydrogen-bond acceptors (Lipinski definition) is 1. The number of rotatable bonds is 8.